The number of ether oxygens (including phenoxy) is 1. The van der Waals surface area contributed by atoms with Crippen molar-refractivity contribution in [2.75, 3.05) is 38.2 Å². The first-order valence-electron chi connectivity index (χ1n) is 7.98. The summed E-state index contributed by atoms with van der Waals surface area (Å²) in [6.45, 7) is 6.21. The fraction of sp³-hybridized carbons (Fsp3) is 0.500. The molecule has 6 nitrogen and oxygen atoms in total. The van der Waals surface area contributed by atoms with E-state index in [1.165, 1.54) is 12.1 Å². The summed E-state index contributed by atoms with van der Waals surface area (Å²) in [5.41, 5.74) is 1.01. The molecule has 1 aliphatic heterocycles. The third kappa shape index (κ3) is 5.01. The van der Waals surface area contributed by atoms with E-state index in [1.807, 2.05) is 10.9 Å². The Morgan fingerprint density at radius 3 is 2.70 bits per heavy atom. The minimum atomic E-state index is -0.222. The van der Waals surface area contributed by atoms with Gasteiger partial charge in [-0.05, 0) is 24.1 Å². The topological polar surface area (TPSA) is 55.2 Å². The van der Waals surface area contributed by atoms with Crippen molar-refractivity contribution in [2.45, 2.75) is 19.5 Å². The largest absolute Gasteiger partial charge is 0.379 e. The molecule has 1 N–H and O–H groups in total. The summed E-state index contributed by atoms with van der Waals surface area (Å²) in [4.78, 5) is 2.41. The Bertz CT molecular complexity index is 595. The van der Waals surface area contributed by atoms with Gasteiger partial charge in [0.25, 0.3) is 0 Å². The Morgan fingerprint density at radius 1 is 1.13 bits per heavy atom. The van der Waals surface area contributed by atoms with Gasteiger partial charge in [-0.25, -0.2) is 4.39 Å². The van der Waals surface area contributed by atoms with Gasteiger partial charge < -0.3 is 10.1 Å². The molecular formula is C16H22FN5O. The minimum Gasteiger partial charge on any atom is -0.379 e. The monoisotopic (exact) mass is 319 g/mol. The van der Waals surface area contributed by atoms with Crippen LogP contribution in [0.1, 0.15) is 12.0 Å². The molecule has 0 aliphatic carbocycles. The lowest BCUT2D eigenvalue weighted by molar-refractivity contribution is 0.0368. The maximum atomic E-state index is 12.8. The van der Waals surface area contributed by atoms with Crippen LogP contribution in [0.15, 0.2) is 30.5 Å². The molecule has 2 aromatic rings. The van der Waals surface area contributed by atoms with Crippen molar-refractivity contribution >= 4 is 5.82 Å². The van der Waals surface area contributed by atoms with E-state index in [1.54, 1.807) is 12.1 Å². The Morgan fingerprint density at radius 2 is 1.91 bits per heavy atom. The van der Waals surface area contributed by atoms with Crippen LogP contribution in [-0.2, 0) is 17.8 Å². The van der Waals surface area contributed by atoms with Crippen LogP contribution in [0.2, 0.25) is 0 Å². The molecule has 1 aromatic carbocycles. The van der Waals surface area contributed by atoms with Crippen LogP contribution in [0.4, 0.5) is 10.2 Å². The molecule has 124 valence electrons. The van der Waals surface area contributed by atoms with Gasteiger partial charge in [-0.2, -0.15) is 0 Å². The average Bonchev–Trinajstić information content (AvgIpc) is 3.03. The van der Waals surface area contributed by atoms with E-state index in [0.29, 0.717) is 6.54 Å². The zero-order chi connectivity index (χ0) is 15.9. The SMILES string of the molecule is Fc1ccc(CNc2cn(CCCN3CCOCC3)nn2)cc1. The molecule has 0 amide bonds. The second-order valence-corrected chi connectivity index (χ2v) is 5.65. The molecule has 1 saturated heterocycles. The molecule has 1 aliphatic rings. The number of anilines is 1. The summed E-state index contributed by atoms with van der Waals surface area (Å²) < 4.78 is 20.0. The van der Waals surface area contributed by atoms with Gasteiger partial charge in [0.2, 0.25) is 0 Å². The van der Waals surface area contributed by atoms with Crippen molar-refractivity contribution in [1.82, 2.24) is 19.9 Å². The van der Waals surface area contributed by atoms with Gasteiger partial charge >= 0.3 is 0 Å². The number of rotatable bonds is 7. The molecule has 7 heteroatoms. The first-order valence-corrected chi connectivity index (χ1v) is 7.98. The molecule has 0 radical (unpaired) electrons. The van der Waals surface area contributed by atoms with Crippen LogP contribution in [0, 0.1) is 5.82 Å². The van der Waals surface area contributed by atoms with Crippen LogP contribution in [0.25, 0.3) is 0 Å². The highest BCUT2D eigenvalue weighted by Crippen LogP contribution is 2.07. The Labute approximate surface area is 135 Å². The van der Waals surface area contributed by atoms with Gasteiger partial charge in [0.1, 0.15) is 5.82 Å². The molecule has 0 spiro atoms. The highest BCUT2D eigenvalue weighted by atomic mass is 19.1. The molecule has 1 fully saturated rings. The molecule has 2 heterocycles. The lowest BCUT2D eigenvalue weighted by Gasteiger charge is -2.26. The Hall–Kier alpha value is -1.99. The highest BCUT2D eigenvalue weighted by Gasteiger charge is 2.09. The van der Waals surface area contributed by atoms with E-state index in [0.717, 1.165) is 57.2 Å². The number of aromatic nitrogens is 3. The van der Waals surface area contributed by atoms with Gasteiger partial charge in [-0.3, -0.25) is 9.58 Å². The van der Waals surface area contributed by atoms with E-state index in [-0.39, 0.29) is 5.82 Å². The van der Waals surface area contributed by atoms with E-state index >= 15 is 0 Å². The van der Waals surface area contributed by atoms with E-state index in [4.69, 9.17) is 4.74 Å². The van der Waals surface area contributed by atoms with Crippen molar-refractivity contribution in [2.24, 2.45) is 0 Å². The number of nitrogens with zero attached hydrogens (tertiary/aromatic N) is 4. The third-order valence-electron chi connectivity index (χ3n) is 3.89. The first-order chi connectivity index (χ1) is 11.3. The fourth-order valence-corrected chi connectivity index (χ4v) is 2.56. The summed E-state index contributed by atoms with van der Waals surface area (Å²) in [7, 11) is 0. The van der Waals surface area contributed by atoms with Crippen molar-refractivity contribution in [3.63, 3.8) is 0 Å². The van der Waals surface area contributed by atoms with Crippen molar-refractivity contribution in [3.8, 4) is 0 Å². The van der Waals surface area contributed by atoms with Crippen LogP contribution in [-0.4, -0.2) is 52.7 Å². The summed E-state index contributed by atoms with van der Waals surface area (Å²) in [5.74, 6) is 0.515. The first kappa shape index (κ1) is 15.9. The number of halogens is 1. The number of hydrogen-bond acceptors (Lipinski definition) is 5. The van der Waals surface area contributed by atoms with Gasteiger partial charge in [0.05, 0.1) is 19.4 Å². The number of hydrogen-bond donors (Lipinski definition) is 1. The fourth-order valence-electron chi connectivity index (χ4n) is 2.56. The van der Waals surface area contributed by atoms with Gasteiger partial charge in [0.15, 0.2) is 5.82 Å². The van der Waals surface area contributed by atoms with Crippen molar-refractivity contribution < 1.29 is 9.13 Å². The van der Waals surface area contributed by atoms with E-state index < -0.39 is 0 Å². The van der Waals surface area contributed by atoms with Gasteiger partial charge in [0, 0.05) is 32.7 Å². The number of nitrogens with one attached hydrogen (secondary N) is 1. The summed E-state index contributed by atoms with van der Waals surface area (Å²) >= 11 is 0. The van der Waals surface area contributed by atoms with Gasteiger partial charge in [-0.1, -0.05) is 17.3 Å². The maximum absolute atomic E-state index is 12.8. The molecule has 0 atom stereocenters. The molecular weight excluding hydrogens is 297 g/mol. The molecule has 23 heavy (non-hydrogen) atoms. The lowest BCUT2D eigenvalue weighted by Crippen LogP contribution is -2.37. The van der Waals surface area contributed by atoms with Crippen molar-refractivity contribution in [1.29, 1.82) is 0 Å². The third-order valence-corrected chi connectivity index (χ3v) is 3.89. The molecule has 0 bridgehead atoms. The van der Waals surface area contributed by atoms with E-state index in [9.17, 15) is 4.39 Å². The minimum absolute atomic E-state index is 0.222. The molecule has 0 unspecified atom stereocenters. The summed E-state index contributed by atoms with van der Waals surface area (Å²) in [6, 6.07) is 6.43. The Kier molecular flexibility index (Phi) is 5.55. The standard InChI is InChI=1S/C16H22FN5O/c17-15-4-2-14(3-5-15)12-18-16-13-22(20-19-16)7-1-6-21-8-10-23-11-9-21/h2-5,13,18H,1,6-12H2. The second kappa shape index (κ2) is 8.03. The molecule has 3 rings (SSSR count). The number of benzene rings is 1. The van der Waals surface area contributed by atoms with Crippen LogP contribution < -0.4 is 5.32 Å². The zero-order valence-corrected chi connectivity index (χ0v) is 13.1. The lowest BCUT2D eigenvalue weighted by atomic mass is 10.2. The average molecular weight is 319 g/mol. The maximum Gasteiger partial charge on any atom is 0.168 e. The predicted octanol–water partition coefficient (Wildman–Crippen LogP) is 1.75. The Balaban J connectivity index is 1.39. The molecule has 0 saturated carbocycles. The second-order valence-electron chi connectivity index (χ2n) is 5.65. The zero-order valence-electron chi connectivity index (χ0n) is 13.1. The summed E-state index contributed by atoms with van der Waals surface area (Å²) in [6.07, 6.45) is 2.95. The number of morpholine rings is 1. The van der Waals surface area contributed by atoms with Crippen LogP contribution >= 0.6 is 0 Å². The number of aryl methyl sites for hydroxylation is 1. The van der Waals surface area contributed by atoms with Crippen molar-refractivity contribution in [3.05, 3.63) is 41.8 Å². The predicted molar refractivity (Wildman–Crippen MR) is 85.6 cm³/mol. The highest BCUT2D eigenvalue weighted by molar-refractivity contribution is 5.31. The molecule has 1 aromatic heterocycles. The smallest absolute Gasteiger partial charge is 0.168 e. The summed E-state index contributed by atoms with van der Waals surface area (Å²) in [5, 5.41) is 11.4. The van der Waals surface area contributed by atoms with Crippen LogP contribution in [0.3, 0.4) is 0 Å². The van der Waals surface area contributed by atoms with Crippen LogP contribution in [0.5, 0.6) is 0 Å². The van der Waals surface area contributed by atoms with E-state index in [2.05, 4.69) is 20.5 Å². The normalized spacial score (nSPS) is 15.7. The van der Waals surface area contributed by atoms with Gasteiger partial charge in [-0.15, -0.1) is 5.10 Å². The quantitative estimate of drug-likeness (QED) is 0.843.